The highest BCUT2D eigenvalue weighted by Gasteiger charge is 2.39. The molecule has 2 aliphatic rings. The summed E-state index contributed by atoms with van der Waals surface area (Å²) in [7, 11) is 0. The van der Waals surface area contributed by atoms with Gasteiger partial charge in [-0.1, -0.05) is 35.7 Å². The van der Waals surface area contributed by atoms with Gasteiger partial charge in [0.05, 0.1) is 25.4 Å². The van der Waals surface area contributed by atoms with Crippen LogP contribution < -0.4 is 0 Å². The van der Waals surface area contributed by atoms with E-state index < -0.39 is 0 Å². The van der Waals surface area contributed by atoms with E-state index in [-0.39, 0.29) is 24.0 Å². The molecule has 1 amide bonds. The molecule has 3 unspecified atom stereocenters. The summed E-state index contributed by atoms with van der Waals surface area (Å²) in [6.07, 6.45) is 3.92. The Hall–Kier alpha value is -1.39. The summed E-state index contributed by atoms with van der Waals surface area (Å²) >= 11 is 0. The fourth-order valence-corrected chi connectivity index (χ4v) is 4.31. The third-order valence-electron chi connectivity index (χ3n) is 5.42. The Kier molecular flexibility index (Phi) is 5.57. The average Bonchev–Trinajstić information content (AvgIpc) is 2.97. The van der Waals surface area contributed by atoms with Crippen LogP contribution in [0.2, 0.25) is 0 Å². The normalized spacial score (nSPS) is 27.5. The maximum atomic E-state index is 12.8. The number of aryl methyl sites for hydroxylation is 3. The Labute approximate surface area is 144 Å². The molecule has 132 valence electrons. The van der Waals surface area contributed by atoms with Crippen molar-refractivity contribution in [2.24, 2.45) is 5.92 Å². The van der Waals surface area contributed by atoms with Crippen molar-refractivity contribution in [1.29, 1.82) is 0 Å². The van der Waals surface area contributed by atoms with Crippen LogP contribution >= 0.6 is 0 Å². The van der Waals surface area contributed by atoms with Gasteiger partial charge in [-0.25, -0.2) is 0 Å². The van der Waals surface area contributed by atoms with Gasteiger partial charge in [0.25, 0.3) is 0 Å². The van der Waals surface area contributed by atoms with Crippen molar-refractivity contribution in [1.82, 2.24) is 4.90 Å². The predicted octanol–water partition coefficient (Wildman–Crippen LogP) is 2.62. The first-order chi connectivity index (χ1) is 11.5. The van der Waals surface area contributed by atoms with Gasteiger partial charge in [0.15, 0.2) is 0 Å². The standard InChI is InChI=1S/C20H29NO3/c1-14-10-15(2)12-16(11-14)6-7-20(23)21-8-9-24-13-18(21)17-4-3-5-19(17)22/h10-12,17-19,22H,3-9,13H2,1-2H3. The first-order valence-corrected chi connectivity index (χ1v) is 9.17. The van der Waals surface area contributed by atoms with Gasteiger partial charge in [-0.05, 0) is 38.7 Å². The van der Waals surface area contributed by atoms with Crippen molar-refractivity contribution in [3.8, 4) is 0 Å². The van der Waals surface area contributed by atoms with Crippen LogP contribution in [-0.4, -0.2) is 47.8 Å². The Morgan fingerprint density at radius 3 is 2.67 bits per heavy atom. The minimum absolute atomic E-state index is 0.0444. The van der Waals surface area contributed by atoms with Crippen LogP contribution in [0.15, 0.2) is 18.2 Å². The highest BCUT2D eigenvalue weighted by Crippen LogP contribution is 2.32. The summed E-state index contributed by atoms with van der Waals surface area (Å²) in [4.78, 5) is 14.8. The van der Waals surface area contributed by atoms with Crippen LogP contribution in [0.1, 0.15) is 42.4 Å². The van der Waals surface area contributed by atoms with Crippen LogP contribution in [0.5, 0.6) is 0 Å². The van der Waals surface area contributed by atoms with Gasteiger partial charge in [-0.2, -0.15) is 0 Å². The third-order valence-corrected chi connectivity index (χ3v) is 5.42. The highest BCUT2D eigenvalue weighted by atomic mass is 16.5. The second-order valence-electron chi connectivity index (χ2n) is 7.39. The van der Waals surface area contributed by atoms with Gasteiger partial charge in [0.1, 0.15) is 0 Å². The SMILES string of the molecule is Cc1cc(C)cc(CCC(=O)N2CCOCC2C2CCCC2O)c1. The third kappa shape index (κ3) is 3.98. The molecule has 2 fully saturated rings. The van der Waals surface area contributed by atoms with E-state index in [0.29, 0.717) is 26.2 Å². The smallest absolute Gasteiger partial charge is 0.223 e. The number of morpholine rings is 1. The van der Waals surface area contributed by atoms with E-state index >= 15 is 0 Å². The van der Waals surface area contributed by atoms with Crippen LogP contribution in [0, 0.1) is 19.8 Å². The van der Waals surface area contributed by atoms with Crippen molar-refractivity contribution < 1.29 is 14.6 Å². The van der Waals surface area contributed by atoms with E-state index in [9.17, 15) is 9.90 Å². The summed E-state index contributed by atoms with van der Waals surface area (Å²) in [5, 5.41) is 10.2. The van der Waals surface area contributed by atoms with Crippen molar-refractivity contribution in [2.45, 2.75) is 58.1 Å². The molecule has 4 heteroatoms. The van der Waals surface area contributed by atoms with Crippen molar-refractivity contribution in [2.75, 3.05) is 19.8 Å². The zero-order valence-electron chi connectivity index (χ0n) is 14.8. The van der Waals surface area contributed by atoms with Crippen LogP contribution in [0.25, 0.3) is 0 Å². The molecular formula is C20H29NO3. The van der Waals surface area contributed by atoms with Crippen LogP contribution in [0.3, 0.4) is 0 Å². The molecule has 3 atom stereocenters. The Morgan fingerprint density at radius 1 is 1.25 bits per heavy atom. The van der Waals surface area contributed by atoms with Crippen molar-refractivity contribution in [3.05, 3.63) is 34.9 Å². The number of aliphatic hydroxyl groups excluding tert-OH is 1. The molecule has 0 spiro atoms. The molecule has 0 bridgehead atoms. The first-order valence-electron chi connectivity index (χ1n) is 9.17. The van der Waals surface area contributed by atoms with Crippen molar-refractivity contribution in [3.63, 3.8) is 0 Å². The van der Waals surface area contributed by atoms with Crippen LogP contribution in [0.4, 0.5) is 0 Å². The predicted molar refractivity (Wildman–Crippen MR) is 93.9 cm³/mol. The molecule has 1 aliphatic heterocycles. The quantitative estimate of drug-likeness (QED) is 0.923. The van der Waals surface area contributed by atoms with Gasteiger partial charge < -0.3 is 14.7 Å². The molecule has 1 heterocycles. The van der Waals surface area contributed by atoms with E-state index in [1.807, 2.05) is 4.90 Å². The molecule has 1 N–H and O–H groups in total. The summed E-state index contributed by atoms with van der Waals surface area (Å²) in [6, 6.07) is 6.53. The Bertz CT molecular complexity index is 566. The molecule has 1 aromatic carbocycles. The number of ether oxygens (including phenoxy) is 1. The van der Waals surface area contributed by atoms with E-state index in [4.69, 9.17) is 4.74 Å². The molecule has 1 saturated carbocycles. The molecule has 4 nitrogen and oxygen atoms in total. The number of aliphatic hydroxyl groups is 1. The number of carbonyl (C=O) groups is 1. The number of rotatable bonds is 4. The van der Waals surface area contributed by atoms with Crippen molar-refractivity contribution >= 4 is 5.91 Å². The first kappa shape index (κ1) is 17.4. The number of nitrogens with zero attached hydrogens (tertiary/aromatic N) is 1. The molecule has 1 aliphatic carbocycles. The van der Waals surface area contributed by atoms with Gasteiger partial charge >= 0.3 is 0 Å². The minimum Gasteiger partial charge on any atom is -0.393 e. The highest BCUT2D eigenvalue weighted by molar-refractivity contribution is 5.77. The second-order valence-corrected chi connectivity index (χ2v) is 7.39. The topological polar surface area (TPSA) is 49.8 Å². The monoisotopic (exact) mass is 331 g/mol. The second kappa shape index (κ2) is 7.66. The molecule has 0 radical (unpaired) electrons. The lowest BCUT2D eigenvalue weighted by Crippen LogP contribution is -2.53. The van der Waals surface area contributed by atoms with E-state index in [0.717, 1.165) is 25.7 Å². The molecular weight excluding hydrogens is 302 g/mol. The largest absolute Gasteiger partial charge is 0.393 e. The maximum absolute atomic E-state index is 12.8. The zero-order chi connectivity index (χ0) is 17.1. The summed E-state index contributed by atoms with van der Waals surface area (Å²) < 4.78 is 5.61. The lowest BCUT2D eigenvalue weighted by Gasteiger charge is -2.40. The lowest BCUT2D eigenvalue weighted by molar-refractivity contribution is -0.143. The number of benzene rings is 1. The maximum Gasteiger partial charge on any atom is 0.223 e. The minimum atomic E-state index is -0.286. The summed E-state index contributed by atoms with van der Waals surface area (Å²) in [5.41, 5.74) is 3.72. The Balaban J connectivity index is 1.63. The number of carbonyl (C=O) groups excluding carboxylic acids is 1. The van der Waals surface area contributed by atoms with E-state index in [1.54, 1.807) is 0 Å². The zero-order valence-corrected chi connectivity index (χ0v) is 14.8. The molecule has 24 heavy (non-hydrogen) atoms. The summed E-state index contributed by atoms with van der Waals surface area (Å²) in [5.74, 6) is 0.372. The summed E-state index contributed by atoms with van der Waals surface area (Å²) in [6.45, 7) is 6.01. The van der Waals surface area contributed by atoms with Gasteiger partial charge in [0.2, 0.25) is 5.91 Å². The molecule has 3 rings (SSSR count). The molecule has 1 aromatic rings. The Morgan fingerprint density at radius 2 is 2.00 bits per heavy atom. The number of amides is 1. The average molecular weight is 331 g/mol. The van der Waals surface area contributed by atoms with E-state index in [1.165, 1.54) is 16.7 Å². The fraction of sp³-hybridized carbons (Fsp3) is 0.650. The van der Waals surface area contributed by atoms with Gasteiger partial charge in [-0.15, -0.1) is 0 Å². The van der Waals surface area contributed by atoms with Gasteiger partial charge in [-0.3, -0.25) is 4.79 Å². The fourth-order valence-electron chi connectivity index (χ4n) is 4.31. The molecule has 0 aromatic heterocycles. The van der Waals surface area contributed by atoms with E-state index in [2.05, 4.69) is 32.0 Å². The number of hydrogen-bond acceptors (Lipinski definition) is 3. The van der Waals surface area contributed by atoms with Gasteiger partial charge in [0, 0.05) is 18.9 Å². The lowest BCUT2D eigenvalue weighted by atomic mass is 9.93. The van der Waals surface area contributed by atoms with Crippen LogP contribution in [-0.2, 0) is 16.0 Å². The molecule has 1 saturated heterocycles. The number of hydrogen-bond donors (Lipinski definition) is 1.